The predicted octanol–water partition coefficient (Wildman–Crippen LogP) is 3.63. The van der Waals surface area contributed by atoms with E-state index in [1.54, 1.807) is 30.1 Å². The van der Waals surface area contributed by atoms with E-state index in [0.29, 0.717) is 29.8 Å². The van der Waals surface area contributed by atoms with E-state index in [2.05, 4.69) is 16.0 Å². The highest BCUT2D eigenvalue weighted by atomic mass is 16.5. The van der Waals surface area contributed by atoms with E-state index in [9.17, 15) is 14.4 Å². The van der Waals surface area contributed by atoms with Crippen LogP contribution in [0.2, 0.25) is 0 Å². The molecule has 3 N–H and O–H groups in total. The van der Waals surface area contributed by atoms with Crippen LogP contribution in [0.25, 0.3) is 0 Å². The number of anilines is 2. The zero-order chi connectivity index (χ0) is 24.9. The van der Waals surface area contributed by atoms with Gasteiger partial charge in [-0.15, -0.1) is 0 Å². The number of fused-ring (bicyclic) bond motifs is 2. The van der Waals surface area contributed by atoms with Crippen molar-refractivity contribution in [3.8, 4) is 5.75 Å². The van der Waals surface area contributed by atoms with Crippen molar-refractivity contribution < 1.29 is 23.9 Å². The Kier molecular flexibility index (Phi) is 7.55. The molecule has 0 aromatic heterocycles. The summed E-state index contributed by atoms with van der Waals surface area (Å²) in [5.41, 5.74) is 1.64. The number of urea groups is 1. The van der Waals surface area contributed by atoms with Gasteiger partial charge in [0.25, 0.3) is 5.91 Å². The minimum Gasteiger partial charge on any atom is -0.490 e. The summed E-state index contributed by atoms with van der Waals surface area (Å²) < 4.78 is 12.2. The molecule has 0 unspecified atom stereocenters. The van der Waals surface area contributed by atoms with Crippen molar-refractivity contribution in [2.75, 3.05) is 24.3 Å². The van der Waals surface area contributed by atoms with E-state index in [1.807, 2.05) is 44.2 Å². The lowest BCUT2D eigenvalue weighted by molar-refractivity contribution is -0.130. The molecule has 2 aromatic carbocycles. The second kappa shape index (κ2) is 10.8. The van der Waals surface area contributed by atoms with Crippen LogP contribution < -0.4 is 20.7 Å². The quantitative estimate of drug-likeness (QED) is 0.606. The number of amides is 4. The summed E-state index contributed by atoms with van der Waals surface area (Å²) in [6, 6.07) is 13.8. The summed E-state index contributed by atoms with van der Waals surface area (Å²) in [6.45, 7) is 4.00. The zero-order valence-electron chi connectivity index (χ0n) is 20.2. The topological polar surface area (TPSA) is 109 Å². The number of para-hydroxylation sites is 1. The number of nitrogens with one attached hydrogen (secondary N) is 3. The molecule has 186 valence electrons. The van der Waals surface area contributed by atoms with Gasteiger partial charge < -0.3 is 30.3 Å². The smallest absolute Gasteiger partial charge is 0.319 e. The molecule has 9 heteroatoms. The molecule has 0 aliphatic carbocycles. The number of rotatable bonds is 5. The second-order valence-corrected chi connectivity index (χ2v) is 9.25. The standard InChI is InChI=1S/C26H32N4O5/c1-16(2)27-26(33)29-18-9-12-22-20(13-18)25(32)30(3)21-11-10-19(35-23(21)15-34-22)14-24(31)28-17-7-5-4-6-8-17/h4-9,12-13,16,19,21,23H,10-11,14-15H2,1-3H3,(H,28,31)(H2,27,29,33)/t19-,21-,23+/m1/s1. The van der Waals surface area contributed by atoms with Crippen LogP contribution in [0.5, 0.6) is 5.75 Å². The lowest BCUT2D eigenvalue weighted by Gasteiger charge is -2.42. The van der Waals surface area contributed by atoms with Crippen molar-refractivity contribution in [3.63, 3.8) is 0 Å². The van der Waals surface area contributed by atoms with E-state index >= 15 is 0 Å². The number of hydrogen-bond donors (Lipinski definition) is 3. The highest BCUT2D eigenvalue weighted by Gasteiger charge is 2.39. The van der Waals surface area contributed by atoms with Gasteiger partial charge in [0, 0.05) is 24.5 Å². The largest absolute Gasteiger partial charge is 0.490 e. The van der Waals surface area contributed by atoms with Crippen LogP contribution in [0.4, 0.5) is 16.2 Å². The Balaban J connectivity index is 1.42. The first-order valence-corrected chi connectivity index (χ1v) is 11.9. The number of carbonyl (C=O) groups is 3. The summed E-state index contributed by atoms with van der Waals surface area (Å²) >= 11 is 0. The maximum Gasteiger partial charge on any atom is 0.319 e. The van der Waals surface area contributed by atoms with E-state index in [1.165, 1.54) is 0 Å². The molecule has 0 spiro atoms. The van der Waals surface area contributed by atoms with Gasteiger partial charge >= 0.3 is 6.03 Å². The minimum absolute atomic E-state index is 0.00749. The maximum atomic E-state index is 13.3. The van der Waals surface area contributed by atoms with Crippen molar-refractivity contribution in [2.24, 2.45) is 0 Å². The predicted molar refractivity (Wildman–Crippen MR) is 133 cm³/mol. The molecule has 4 rings (SSSR count). The average Bonchev–Trinajstić information content (AvgIpc) is 2.82. The molecule has 1 fully saturated rings. The Morgan fingerprint density at radius 1 is 1.06 bits per heavy atom. The minimum atomic E-state index is -0.352. The number of hydrogen-bond acceptors (Lipinski definition) is 5. The van der Waals surface area contributed by atoms with Crippen molar-refractivity contribution in [1.82, 2.24) is 10.2 Å². The van der Waals surface area contributed by atoms with Gasteiger partial charge in [-0.05, 0) is 57.0 Å². The average molecular weight is 481 g/mol. The first-order valence-electron chi connectivity index (χ1n) is 11.9. The first-order chi connectivity index (χ1) is 16.8. The molecule has 1 saturated heterocycles. The fourth-order valence-corrected chi connectivity index (χ4v) is 4.47. The molecular weight excluding hydrogens is 448 g/mol. The Morgan fingerprint density at radius 2 is 1.83 bits per heavy atom. The summed E-state index contributed by atoms with van der Waals surface area (Å²) in [4.78, 5) is 39.6. The SMILES string of the molecule is CC(C)NC(=O)Nc1ccc2c(c1)C(=O)N(C)[C@@H]1CC[C@H](CC(=O)Nc3ccccc3)O[C@H]1CO2. The van der Waals surface area contributed by atoms with Crippen molar-refractivity contribution >= 4 is 29.2 Å². The number of nitrogens with zero attached hydrogens (tertiary/aromatic N) is 1. The van der Waals surface area contributed by atoms with E-state index < -0.39 is 0 Å². The van der Waals surface area contributed by atoms with Gasteiger partial charge in [-0.2, -0.15) is 0 Å². The molecule has 35 heavy (non-hydrogen) atoms. The molecule has 9 nitrogen and oxygen atoms in total. The van der Waals surface area contributed by atoms with Crippen LogP contribution in [0.15, 0.2) is 48.5 Å². The second-order valence-electron chi connectivity index (χ2n) is 9.25. The van der Waals surface area contributed by atoms with Gasteiger partial charge in [0.15, 0.2) is 0 Å². The third-order valence-corrected chi connectivity index (χ3v) is 6.16. The van der Waals surface area contributed by atoms with Gasteiger partial charge in [-0.25, -0.2) is 4.79 Å². The molecule has 3 atom stereocenters. The van der Waals surface area contributed by atoms with Gasteiger partial charge in [-0.3, -0.25) is 9.59 Å². The van der Waals surface area contributed by atoms with Crippen LogP contribution in [-0.2, 0) is 9.53 Å². The van der Waals surface area contributed by atoms with Gasteiger partial charge in [0.2, 0.25) is 5.91 Å². The van der Waals surface area contributed by atoms with Gasteiger partial charge in [0.1, 0.15) is 18.5 Å². The van der Waals surface area contributed by atoms with E-state index in [-0.39, 0.29) is 55.2 Å². The molecule has 2 aliphatic rings. The Bertz CT molecular complexity index is 1070. The van der Waals surface area contributed by atoms with Crippen molar-refractivity contribution in [3.05, 3.63) is 54.1 Å². The molecule has 0 bridgehead atoms. The monoisotopic (exact) mass is 480 g/mol. The molecule has 0 saturated carbocycles. The molecule has 2 aliphatic heterocycles. The van der Waals surface area contributed by atoms with E-state index in [0.717, 1.165) is 5.69 Å². The Morgan fingerprint density at radius 3 is 2.57 bits per heavy atom. The number of ether oxygens (including phenoxy) is 2. The maximum absolute atomic E-state index is 13.3. The molecule has 4 amide bonds. The highest BCUT2D eigenvalue weighted by Crippen LogP contribution is 2.32. The molecule has 2 heterocycles. The fraction of sp³-hybridized carbons (Fsp3) is 0.423. The fourth-order valence-electron chi connectivity index (χ4n) is 4.47. The van der Waals surface area contributed by atoms with E-state index in [4.69, 9.17) is 9.47 Å². The van der Waals surface area contributed by atoms with Crippen LogP contribution in [0, 0.1) is 0 Å². The number of likely N-dealkylation sites (N-methyl/N-ethyl adjacent to an activating group) is 1. The lowest BCUT2D eigenvalue weighted by Crippen LogP contribution is -2.53. The molecular formula is C26H32N4O5. The lowest BCUT2D eigenvalue weighted by atomic mass is 9.94. The van der Waals surface area contributed by atoms with Gasteiger partial charge in [-0.1, -0.05) is 18.2 Å². The van der Waals surface area contributed by atoms with Crippen LogP contribution >= 0.6 is 0 Å². The summed E-state index contributed by atoms with van der Waals surface area (Å²) in [7, 11) is 1.76. The Labute approximate surface area is 205 Å². The van der Waals surface area contributed by atoms with Crippen LogP contribution in [-0.4, -0.2) is 60.7 Å². The van der Waals surface area contributed by atoms with Gasteiger partial charge in [0.05, 0.1) is 24.1 Å². The van der Waals surface area contributed by atoms with Crippen LogP contribution in [0.1, 0.15) is 43.5 Å². The summed E-state index contributed by atoms with van der Waals surface area (Å²) in [5.74, 6) is 0.122. The highest BCUT2D eigenvalue weighted by molar-refractivity contribution is 5.99. The van der Waals surface area contributed by atoms with Crippen molar-refractivity contribution in [2.45, 2.75) is 57.4 Å². The Hall–Kier alpha value is -3.59. The summed E-state index contributed by atoms with van der Waals surface area (Å²) in [5, 5.41) is 8.41. The normalized spacial score (nSPS) is 21.7. The first kappa shape index (κ1) is 24.5. The molecule has 2 aromatic rings. The summed E-state index contributed by atoms with van der Waals surface area (Å²) in [6.07, 6.45) is 0.987. The number of carbonyl (C=O) groups excluding carboxylic acids is 3. The number of benzene rings is 2. The van der Waals surface area contributed by atoms with Crippen molar-refractivity contribution in [1.29, 1.82) is 0 Å². The van der Waals surface area contributed by atoms with Crippen LogP contribution in [0.3, 0.4) is 0 Å². The third kappa shape index (κ3) is 6.10. The third-order valence-electron chi connectivity index (χ3n) is 6.16. The molecule has 0 radical (unpaired) electrons. The zero-order valence-corrected chi connectivity index (χ0v) is 20.2.